The molecule has 0 radical (unpaired) electrons. The van der Waals surface area contributed by atoms with Crippen LogP contribution in [-0.4, -0.2) is 13.9 Å². The molecule has 9 heteroatoms. The lowest BCUT2D eigenvalue weighted by Gasteiger charge is -2.27. The van der Waals surface area contributed by atoms with Crippen molar-refractivity contribution >= 4 is 15.9 Å². The average molecular weight is 525 g/mol. The van der Waals surface area contributed by atoms with E-state index >= 15 is 0 Å². The molecule has 0 fully saturated rings. The van der Waals surface area contributed by atoms with Crippen molar-refractivity contribution in [2.75, 3.05) is 13.9 Å². The highest BCUT2D eigenvalue weighted by atomic mass is 79.9. The van der Waals surface area contributed by atoms with Crippen molar-refractivity contribution < 1.29 is 28.1 Å². The van der Waals surface area contributed by atoms with Crippen molar-refractivity contribution in [3.63, 3.8) is 0 Å². The number of fused-ring (bicyclic) bond motifs is 2. The number of halogens is 2. The van der Waals surface area contributed by atoms with E-state index in [0.29, 0.717) is 49.9 Å². The smallest absolute Gasteiger partial charge is 0.231 e. The van der Waals surface area contributed by atoms with Crippen LogP contribution in [0.2, 0.25) is 0 Å². The van der Waals surface area contributed by atoms with Gasteiger partial charge in [0.15, 0.2) is 23.0 Å². The number of nitrogens with zero attached hydrogens (tertiary/aromatic N) is 1. The Morgan fingerprint density at radius 1 is 1.15 bits per heavy atom. The van der Waals surface area contributed by atoms with E-state index in [9.17, 15) is 9.65 Å². The number of hydrogen-bond donors (Lipinski definition) is 1. The standard InChI is InChI=1S/C25H18BrFN2O5/c1-30-22-7-14(6-17(26)24(22)31-11-13-4-2-3-5-18(13)27)23-15-8-20-21(33-12-32-20)9-19(15)34-25(29)16(23)10-28/h2-9,23H,11-12,29H2,1H3/t23-/m0/s1. The SMILES string of the molecule is COc1cc([C@@H]2C(C#N)=C(N)Oc3cc4c(cc32)OCO4)cc(Br)c1OCc1ccccc1F. The Labute approximate surface area is 203 Å². The fourth-order valence-corrected chi connectivity index (χ4v) is 4.58. The Morgan fingerprint density at radius 3 is 2.65 bits per heavy atom. The first-order chi connectivity index (χ1) is 16.5. The van der Waals surface area contributed by atoms with Gasteiger partial charge in [0.1, 0.15) is 29.8 Å². The van der Waals surface area contributed by atoms with E-state index in [1.807, 2.05) is 6.07 Å². The molecule has 2 aliphatic rings. The second-order valence-corrected chi connectivity index (χ2v) is 8.44. The second kappa shape index (κ2) is 8.80. The average Bonchev–Trinajstić information content (AvgIpc) is 3.29. The molecule has 2 N–H and O–H groups in total. The minimum absolute atomic E-state index is 0.00818. The van der Waals surface area contributed by atoms with Gasteiger partial charge in [0.05, 0.1) is 17.5 Å². The number of allylic oxidation sites excluding steroid dienone is 1. The molecule has 5 rings (SSSR count). The van der Waals surface area contributed by atoms with E-state index in [-0.39, 0.29) is 30.7 Å². The molecule has 172 valence electrons. The van der Waals surface area contributed by atoms with Gasteiger partial charge in [-0.05, 0) is 45.8 Å². The lowest BCUT2D eigenvalue weighted by atomic mass is 9.83. The maximum atomic E-state index is 14.0. The predicted molar refractivity (Wildman–Crippen MR) is 123 cm³/mol. The van der Waals surface area contributed by atoms with Crippen LogP contribution in [0.1, 0.15) is 22.6 Å². The van der Waals surface area contributed by atoms with Gasteiger partial charge in [0.25, 0.3) is 0 Å². The van der Waals surface area contributed by atoms with Crippen LogP contribution in [-0.2, 0) is 6.61 Å². The van der Waals surface area contributed by atoms with Gasteiger partial charge < -0.3 is 29.4 Å². The summed E-state index contributed by atoms with van der Waals surface area (Å²) in [6, 6.07) is 15.6. The molecule has 34 heavy (non-hydrogen) atoms. The molecular formula is C25H18BrFN2O5. The third-order valence-electron chi connectivity index (χ3n) is 5.63. The van der Waals surface area contributed by atoms with Crippen molar-refractivity contribution in [1.29, 1.82) is 5.26 Å². The summed E-state index contributed by atoms with van der Waals surface area (Å²) >= 11 is 3.54. The minimum atomic E-state index is -0.547. The number of hydrogen-bond acceptors (Lipinski definition) is 7. The number of ether oxygens (including phenoxy) is 5. The zero-order valence-electron chi connectivity index (χ0n) is 17.9. The van der Waals surface area contributed by atoms with E-state index in [1.165, 1.54) is 13.2 Å². The molecule has 0 unspecified atom stereocenters. The molecule has 0 aliphatic carbocycles. The summed E-state index contributed by atoms with van der Waals surface area (Å²) in [4.78, 5) is 0. The molecule has 0 aromatic heterocycles. The summed E-state index contributed by atoms with van der Waals surface area (Å²) in [5.41, 5.74) is 8.18. The molecule has 0 bridgehead atoms. The van der Waals surface area contributed by atoms with E-state index in [1.54, 1.807) is 36.4 Å². The topological polar surface area (TPSA) is 96.0 Å². The highest BCUT2D eigenvalue weighted by Crippen LogP contribution is 2.50. The summed E-state index contributed by atoms with van der Waals surface area (Å²) in [6.45, 7) is 0.116. The van der Waals surface area contributed by atoms with Gasteiger partial charge in [-0.15, -0.1) is 0 Å². The molecule has 2 heterocycles. The van der Waals surface area contributed by atoms with Crippen LogP contribution in [0, 0.1) is 17.1 Å². The number of rotatable bonds is 5. The first kappa shape index (κ1) is 21.9. The van der Waals surface area contributed by atoms with E-state index in [4.69, 9.17) is 29.4 Å². The molecule has 0 spiro atoms. The fraction of sp³-hybridized carbons (Fsp3) is 0.160. The van der Waals surface area contributed by atoms with E-state index in [2.05, 4.69) is 22.0 Å². The Balaban J connectivity index is 1.56. The van der Waals surface area contributed by atoms with E-state index < -0.39 is 5.92 Å². The van der Waals surface area contributed by atoms with Crippen LogP contribution in [0.25, 0.3) is 0 Å². The van der Waals surface area contributed by atoms with Crippen molar-refractivity contribution in [3.05, 3.63) is 87.0 Å². The zero-order chi connectivity index (χ0) is 23.8. The first-order valence-corrected chi connectivity index (χ1v) is 11.0. The van der Waals surface area contributed by atoms with Gasteiger partial charge in [0.2, 0.25) is 12.7 Å². The molecule has 0 saturated carbocycles. The molecule has 2 aliphatic heterocycles. The van der Waals surface area contributed by atoms with Gasteiger partial charge in [0, 0.05) is 17.2 Å². The normalized spacial score (nSPS) is 15.9. The number of nitriles is 1. The van der Waals surface area contributed by atoms with Crippen molar-refractivity contribution in [3.8, 4) is 34.8 Å². The lowest BCUT2D eigenvalue weighted by Crippen LogP contribution is -2.21. The van der Waals surface area contributed by atoms with Crippen LogP contribution in [0.5, 0.6) is 28.7 Å². The summed E-state index contributed by atoms with van der Waals surface area (Å²) < 4.78 is 42.8. The van der Waals surface area contributed by atoms with E-state index in [0.717, 1.165) is 0 Å². The summed E-state index contributed by atoms with van der Waals surface area (Å²) in [7, 11) is 1.51. The van der Waals surface area contributed by atoms with Gasteiger partial charge in [-0.25, -0.2) is 4.39 Å². The third kappa shape index (κ3) is 3.76. The van der Waals surface area contributed by atoms with Crippen LogP contribution < -0.4 is 29.4 Å². The zero-order valence-corrected chi connectivity index (χ0v) is 19.5. The molecular weight excluding hydrogens is 507 g/mol. The Bertz CT molecular complexity index is 1370. The Hall–Kier alpha value is -3.90. The monoisotopic (exact) mass is 524 g/mol. The second-order valence-electron chi connectivity index (χ2n) is 7.58. The summed E-state index contributed by atoms with van der Waals surface area (Å²) in [5, 5.41) is 9.87. The summed E-state index contributed by atoms with van der Waals surface area (Å²) in [6.07, 6.45) is 0. The van der Waals surface area contributed by atoms with Crippen molar-refractivity contribution in [1.82, 2.24) is 0 Å². The maximum absolute atomic E-state index is 14.0. The Kier molecular flexibility index (Phi) is 5.67. The van der Waals surface area contributed by atoms with Gasteiger partial charge >= 0.3 is 0 Å². The molecule has 1 atom stereocenters. The van der Waals surface area contributed by atoms with Crippen LogP contribution in [0.3, 0.4) is 0 Å². The van der Waals surface area contributed by atoms with Crippen LogP contribution >= 0.6 is 15.9 Å². The van der Waals surface area contributed by atoms with Crippen LogP contribution in [0.15, 0.2) is 64.5 Å². The lowest BCUT2D eigenvalue weighted by molar-refractivity contribution is 0.174. The minimum Gasteiger partial charge on any atom is -0.493 e. The quantitative estimate of drug-likeness (QED) is 0.494. The third-order valence-corrected chi connectivity index (χ3v) is 6.21. The highest BCUT2D eigenvalue weighted by molar-refractivity contribution is 9.10. The highest BCUT2D eigenvalue weighted by Gasteiger charge is 2.34. The van der Waals surface area contributed by atoms with Crippen molar-refractivity contribution in [2.45, 2.75) is 12.5 Å². The van der Waals surface area contributed by atoms with Gasteiger partial charge in [-0.2, -0.15) is 5.26 Å². The molecule has 3 aromatic rings. The molecule has 0 saturated heterocycles. The van der Waals surface area contributed by atoms with Gasteiger partial charge in [-0.3, -0.25) is 0 Å². The number of nitrogens with two attached hydrogens (primary N) is 1. The number of benzene rings is 3. The fourth-order valence-electron chi connectivity index (χ4n) is 4.00. The first-order valence-electron chi connectivity index (χ1n) is 10.2. The van der Waals surface area contributed by atoms with Crippen molar-refractivity contribution in [2.24, 2.45) is 5.73 Å². The Morgan fingerprint density at radius 2 is 1.91 bits per heavy atom. The summed E-state index contributed by atoms with van der Waals surface area (Å²) in [5.74, 6) is 1.49. The molecule has 3 aromatic carbocycles. The molecule has 7 nitrogen and oxygen atoms in total. The largest absolute Gasteiger partial charge is 0.493 e. The maximum Gasteiger partial charge on any atom is 0.231 e. The predicted octanol–water partition coefficient (Wildman–Crippen LogP) is 5.12. The van der Waals surface area contributed by atoms with Gasteiger partial charge in [-0.1, -0.05) is 18.2 Å². The van der Waals surface area contributed by atoms with Crippen LogP contribution in [0.4, 0.5) is 4.39 Å². The number of methoxy groups -OCH3 is 1. The molecule has 0 amide bonds.